The van der Waals surface area contributed by atoms with E-state index in [2.05, 4.69) is 78.9 Å². The van der Waals surface area contributed by atoms with E-state index >= 15 is 0 Å². The first kappa shape index (κ1) is 21.1. The molecule has 0 fully saturated rings. The van der Waals surface area contributed by atoms with Crippen LogP contribution in [0.1, 0.15) is 31.9 Å². The largest absolute Gasteiger partial charge is 0.326 e. The predicted octanol–water partition coefficient (Wildman–Crippen LogP) is 3.94. The fourth-order valence-corrected chi connectivity index (χ4v) is 3.36. The second kappa shape index (κ2) is 10.2. The number of nitrogens with one attached hydrogen (secondary N) is 2. The average Bonchev–Trinajstić information content (AvgIpc) is 2.60. The van der Waals surface area contributed by atoms with Crippen LogP contribution in [-0.2, 0) is 17.8 Å². The summed E-state index contributed by atoms with van der Waals surface area (Å²) in [5.41, 5.74) is 3.68. The molecule has 0 saturated heterocycles. The number of anilines is 1. The molecule has 0 unspecified atom stereocenters. The molecule has 0 spiro atoms. The number of rotatable bonds is 10. The van der Waals surface area contributed by atoms with E-state index in [-0.39, 0.29) is 11.3 Å². The minimum absolute atomic E-state index is 0.0381. The lowest BCUT2D eigenvalue weighted by atomic mass is 9.92. The third-order valence-corrected chi connectivity index (χ3v) is 4.46. The second-order valence-corrected chi connectivity index (χ2v) is 8.13. The van der Waals surface area contributed by atoms with Crippen LogP contribution in [0.2, 0.25) is 0 Å². The van der Waals surface area contributed by atoms with Crippen molar-refractivity contribution >= 4 is 11.6 Å². The number of amides is 1. The summed E-state index contributed by atoms with van der Waals surface area (Å²) in [6, 6.07) is 18.7. The molecule has 4 nitrogen and oxygen atoms in total. The van der Waals surface area contributed by atoms with Gasteiger partial charge >= 0.3 is 0 Å². The SMILES string of the molecule is CC(=O)Nc1ccc(CCNCC(C)(C)CN(C)Cc2ccccc2)cc1. The number of hydrogen-bond donors (Lipinski definition) is 2. The van der Waals surface area contributed by atoms with E-state index < -0.39 is 0 Å². The van der Waals surface area contributed by atoms with Gasteiger partial charge in [-0.3, -0.25) is 4.79 Å². The lowest BCUT2D eigenvalue weighted by molar-refractivity contribution is -0.114. The van der Waals surface area contributed by atoms with E-state index in [1.807, 2.05) is 12.1 Å². The molecule has 0 atom stereocenters. The average molecular weight is 368 g/mol. The molecule has 0 radical (unpaired) electrons. The van der Waals surface area contributed by atoms with Crippen molar-refractivity contribution in [1.82, 2.24) is 10.2 Å². The van der Waals surface area contributed by atoms with Crippen LogP contribution in [0.15, 0.2) is 54.6 Å². The molecule has 0 bridgehead atoms. The Labute approximate surface area is 164 Å². The van der Waals surface area contributed by atoms with Gasteiger partial charge in [0.15, 0.2) is 0 Å². The molecule has 0 aliphatic carbocycles. The highest BCUT2D eigenvalue weighted by Crippen LogP contribution is 2.17. The molecule has 0 saturated carbocycles. The van der Waals surface area contributed by atoms with Gasteiger partial charge in [0.05, 0.1) is 0 Å². The van der Waals surface area contributed by atoms with E-state index in [4.69, 9.17) is 0 Å². The highest BCUT2D eigenvalue weighted by Gasteiger charge is 2.19. The Bertz CT molecular complexity index is 695. The normalized spacial score (nSPS) is 11.6. The van der Waals surface area contributed by atoms with Crippen LogP contribution in [0.5, 0.6) is 0 Å². The maximum absolute atomic E-state index is 11.1. The summed E-state index contributed by atoms with van der Waals surface area (Å²) >= 11 is 0. The van der Waals surface area contributed by atoms with Crippen molar-refractivity contribution in [3.05, 3.63) is 65.7 Å². The molecule has 2 aromatic rings. The molecule has 0 aliphatic heterocycles. The van der Waals surface area contributed by atoms with E-state index in [0.717, 1.165) is 38.3 Å². The lowest BCUT2D eigenvalue weighted by Gasteiger charge is -2.30. The highest BCUT2D eigenvalue weighted by molar-refractivity contribution is 5.88. The fraction of sp³-hybridized carbons (Fsp3) is 0.435. The quantitative estimate of drug-likeness (QED) is 0.625. The van der Waals surface area contributed by atoms with Gasteiger partial charge in [0, 0.05) is 32.2 Å². The minimum atomic E-state index is -0.0381. The first-order valence-corrected chi connectivity index (χ1v) is 9.64. The Balaban J connectivity index is 1.69. The Kier molecular flexibility index (Phi) is 8.01. The number of carbonyl (C=O) groups excluding carboxylic acids is 1. The molecular weight excluding hydrogens is 334 g/mol. The van der Waals surface area contributed by atoms with Crippen LogP contribution in [0.3, 0.4) is 0 Å². The molecule has 146 valence electrons. The molecule has 4 heteroatoms. The van der Waals surface area contributed by atoms with Crippen LogP contribution < -0.4 is 10.6 Å². The van der Waals surface area contributed by atoms with Crippen LogP contribution in [0.4, 0.5) is 5.69 Å². The van der Waals surface area contributed by atoms with Gasteiger partial charge in [0.2, 0.25) is 5.91 Å². The van der Waals surface area contributed by atoms with Gasteiger partial charge in [-0.15, -0.1) is 0 Å². The smallest absolute Gasteiger partial charge is 0.221 e. The van der Waals surface area contributed by atoms with E-state index in [1.165, 1.54) is 18.1 Å². The molecular formula is C23H33N3O. The van der Waals surface area contributed by atoms with Gasteiger partial charge in [0.1, 0.15) is 0 Å². The third-order valence-electron chi connectivity index (χ3n) is 4.46. The summed E-state index contributed by atoms with van der Waals surface area (Å²) in [6.45, 7) is 10.1. The number of benzene rings is 2. The van der Waals surface area contributed by atoms with Gasteiger partial charge in [-0.1, -0.05) is 56.3 Å². The summed E-state index contributed by atoms with van der Waals surface area (Å²) in [6.07, 6.45) is 0.982. The van der Waals surface area contributed by atoms with Gasteiger partial charge in [-0.2, -0.15) is 0 Å². The van der Waals surface area contributed by atoms with Crippen molar-refractivity contribution in [3.8, 4) is 0 Å². The molecule has 1 amide bonds. The summed E-state index contributed by atoms with van der Waals surface area (Å²) in [5, 5.41) is 6.39. The number of carbonyl (C=O) groups is 1. The van der Waals surface area contributed by atoms with E-state index in [0.29, 0.717) is 0 Å². The predicted molar refractivity (Wildman–Crippen MR) is 114 cm³/mol. The van der Waals surface area contributed by atoms with Crippen LogP contribution in [0.25, 0.3) is 0 Å². The zero-order valence-electron chi connectivity index (χ0n) is 17.1. The zero-order valence-corrected chi connectivity index (χ0v) is 17.1. The topological polar surface area (TPSA) is 44.4 Å². The minimum Gasteiger partial charge on any atom is -0.326 e. The van der Waals surface area contributed by atoms with Crippen molar-refractivity contribution in [1.29, 1.82) is 0 Å². The summed E-state index contributed by atoms with van der Waals surface area (Å²) in [7, 11) is 2.19. The standard InChI is InChI=1S/C23H33N3O/c1-19(27)25-22-12-10-20(11-13-22)14-15-24-17-23(2,3)18-26(4)16-21-8-6-5-7-9-21/h5-13,24H,14-18H2,1-4H3,(H,25,27). The number of nitrogens with zero attached hydrogens (tertiary/aromatic N) is 1. The van der Waals surface area contributed by atoms with Gasteiger partial charge < -0.3 is 15.5 Å². The first-order chi connectivity index (χ1) is 12.8. The summed E-state index contributed by atoms with van der Waals surface area (Å²) in [4.78, 5) is 13.4. The van der Waals surface area contributed by atoms with Gasteiger partial charge in [0.25, 0.3) is 0 Å². The fourth-order valence-electron chi connectivity index (χ4n) is 3.36. The van der Waals surface area contributed by atoms with Gasteiger partial charge in [-0.25, -0.2) is 0 Å². The van der Waals surface area contributed by atoms with E-state index in [1.54, 1.807) is 0 Å². The first-order valence-electron chi connectivity index (χ1n) is 9.64. The highest BCUT2D eigenvalue weighted by atomic mass is 16.1. The Morgan fingerprint density at radius 3 is 2.30 bits per heavy atom. The number of hydrogen-bond acceptors (Lipinski definition) is 3. The molecule has 0 heterocycles. The maximum Gasteiger partial charge on any atom is 0.221 e. The Morgan fingerprint density at radius 1 is 1.00 bits per heavy atom. The van der Waals surface area contributed by atoms with E-state index in [9.17, 15) is 4.79 Å². The molecule has 2 aromatic carbocycles. The van der Waals surface area contributed by atoms with Crippen LogP contribution in [0, 0.1) is 5.41 Å². The Hall–Kier alpha value is -2.17. The monoisotopic (exact) mass is 367 g/mol. The molecule has 2 rings (SSSR count). The molecule has 0 aliphatic rings. The van der Waals surface area contributed by atoms with Crippen molar-refractivity contribution < 1.29 is 4.79 Å². The van der Waals surface area contributed by atoms with Crippen LogP contribution in [-0.4, -0.2) is 37.5 Å². The summed E-state index contributed by atoms with van der Waals surface area (Å²) in [5.74, 6) is -0.0381. The van der Waals surface area contributed by atoms with Crippen molar-refractivity contribution in [2.75, 3.05) is 32.0 Å². The third kappa shape index (κ3) is 8.37. The van der Waals surface area contributed by atoms with Crippen molar-refractivity contribution in [3.63, 3.8) is 0 Å². The maximum atomic E-state index is 11.1. The molecule has 2 N–H and O–H groups in total. The van der Waals surface area contributed by atoms with Crippen LogP contribution >= 0.6 is 0 Å². The van der Waals surface area contributed by atoms with Crippen molar-refractivity contribution in [2.24, 2.45) is 5.41 Å². The molecule has 0 aromatic heterocycles. The van der Waals surface area contributed by atoms with Gasteiger partial charge in [-0.05, 0) is 48.7 Å². The van der Waals surface area contributed by atoms with Crippen molar-refractivity contribution in [2.45, 2.75) is 33.7 Å². The lowest BCUT2D eigenvalue weighted by Crippen LogP contribution is -2.39. The Morgan fingerprint density at radius 2 is 1.67 bits per heavy atom. The summed E-state index contributed by atoms with van der Waals surface area (Å²) < 4.78 is 0. The molecule has 27 heavy (non-hydrogen) atoms. The zero-order chi connectivity index (χ0) is 19.7. The second-order valence-electron chi connectivity index (χ2n) is 8.13.